The van der Waals surface area contributed by atoms with Crippen LogP contribution in [0.5, 0.6) is 0 Å². The van der Waals surface area contributed by atoms with Gasteiger partial charge in [-0.25, -0.2) is 15.0 Å². The highest BCUT2D eigenvalue weighted by molar-refractivity contribution is 6.11. The van der Waals surface area contributed by atoms with Crippen LogP contribution in [0, 0.1) is 0 Å². The number of benzene rings is 9. The molecule has 14 rings (SSSR count). The van der Waals surface area contributed by atoms with Gasteiger partial charge >= 0.3 is 0 Å². The molecule has 0 fully saturated rings. The van der Waals surface area contributed by atoms with Gasteiger partial charge < -0.3 is 13.4 Å². The van der Waals surface area contributed by atoms with E-state index in [2.05, 4.69) is 152 Å². The molecule has 0 unspecified atom stereocenters. The third-order valence-corrected chi connectivity index (χ3v) is 13.9. The Balaban J connectivity index is 0.841. The lowest BCUT2D eigenvalue weighted by Crippen LogP contribution is -2.15. The minimum absolute atomic E-state index is 0.185. The molecule has 1 aliphatic rings. The number of fused-ring (bicyclic) bond motifs is 12. The molecule has 9 aromatic carbocycles. The van der Waals surface area contributed by atoms with E-state index in [9.17, 15) is 0 Å². The maximum Gasteiger partial charge on any atom is 0.164 e. The molecule has 6 heteroatoms. The number of furan rings is 2. The lowest BCUT2D eigenvalue weighted by Gasteiger charge is -2.22. The van der Waals surface area contributed by atoms with E-state index in [4.69, 9.17) is 23.8 Å². The number of nitrogens with zero attached hydrogens (tertiary/aromatic N) is 4. The van der Waals surface area contributed by atoms with Crippen molar-refractivity contribution < 1.29 is 8.83 Å². The summed E-state index contributed by atoms with van der Waals surface area (Å²) in [6, 6.07) is 68.5. The Hall–Kier alpha value is -8.61. The fourth-order valence-corrected chi connectivity index (χ4v) is 10.5. The molecule has 310 valence electrons. The van der Waals surface area contributed by atoms with Crippen LogP contribution in [-0.4, -0.2) is 19.5 Å². The summed E-state index contributed by atoms with van der Waals surface area (Å²) in [5.74, 6) is 1.80. The highest BCUT2D eigenvalue weighted by Crippen LogP contribution is 2.52. The van der Waals surface area contributed by atoms with E-state index in [0.29, 0.717) is 17.5 Å². The van der Waals surface area contributed by atoms with Crippen molar-refractivity contribution in [3.63, 3.8) is 0 Å². The van der Waals surface area contributed by atoms with Gasteiger partial charge in [-0.3, -0.25) is 0 Å². The van der Waals surface area contributed by atoms with Crippen LogP contribution in [0.1, 0.15) is 25.0 Å². The first kappa shape index (κ1) is 36.8. The molecule has 4 heterocycles. The van der Waals surface area contributed by atoms with E-state index >= 15 is 0 Å². The van der Waals surface area contributed by atoms with E-state index in [0.717, 1.165) is 71.9 Å². The zero-order valence-corrected chi connectivity index (χ0v) is 36.1. The van der Waals surface area contributed by atoms with Gasteiger partial charge in [-0.1, -0.05) is 123 Å². The van der Waals surface area contributed by atoms with Crippen LogP contribution in [0.25, 0.3) is 128 Å². The van der Waals surface area contributed by atoms with Crippen LogP contribution < -0.4 is 0 Å². The van der Waals surface area contributed by atoms with E-state index in [1.54, 1.807) is 0 Å². The monoisotopic (exact) mass is 846 g/mol. The van der Waals surface area contributed by atoms with Crippen molar-refractivity contribution in [1.29, 1.82) is 0 Å². The Morgan fingerprint density at radius 2 is 0.879 bits per heavy atom. The lowest BCUT2D eigenvalue weighted by atomic mass is 9.81. The Bertz CT molecular complexity index is 4140. The van der Waals surface area contributed by atoms with Gasteiger partial charge in [-0.2, -0.15) is 0 Å². The molecule has 0 radical (unpaired) electrons. The molecule has 0 bridgehead atoms. The molecule has 0 saturated carbocycles. The van der Waals surface area contributed by atoms with Gasteiger partial charge in [0.05, 0.1) is 11.0 Å². The smallest absolute Gasteiger partial charge is 0.164 e. The van der Waals surface area contributed by atoms with Crippen molar-refractivity contribution in [1.82, 2.24) is 19.5 Å². The van der Waals surface area contributed by atoms with Gasteiger partial charge in [0.1, 0.15) is 22.3 Å². The molecule has 0 spiro atoms. The van der Waals surface area contributed by atoms with Gasteiger partial charge in [0, 0.05) is 60.1 Å². The van der Waals surface area contributed by atoms with Crippen molar-refractivity contribution in [2.24, 2.45) is 0 Å². The van der Waals surface area contributed by atoms with E-state index < -0.39 is 0 Å². The zero-order chi connectivity index (χ0) is 43.7. The first-order chi connectivity index (χ1) is 32.4. The topological polar surface area (TPSA) is 69.9 Å². The predicted octanol–water partition coefficient (Wildman–Crippen LogP) is 15.7. The predicted molar refractivity (Wildman–Crippen MR) is 268 cm³/mol. The number of rotatable bonds is 5. The highest BCUT2D eigenvalue weighted by atomic mass is 16.3. The fraction of sp³-hybridized carbons (Fsp3) is 0.0500. The van der Waals surface area contributed by atoms with Crippen LogP contribution in [-0.2, 0) is 5.41 Å². The second kappa shape index (κ2) is 13.7. The summed E-state index contributed by atoms with van der Waals surface area (Å²) < 4.78 is 15.0. The molecule has 6 nitrogen and oxygen atoms in total. The van der Waals surface area contributed by atoms with Crippen LogP contribution >= 0.6 is 0 Å². The Kier molecular flexibility index (Phi) is 7.64. The Morgan fingerprint density at radius 3 is 1.64 bits per heavy atom. The summed E-state index contributed by atoms with van der Waals surface area (Å²) in [5, 5.41) is 6.89. The van der Waals surface area contributed by atoms with Gasteiger partial charge in [-0.05, 0) is 118 Å². The third kappa shape index (κ3) is 5.45. The molecule has 66 heavy (non-hydrogen) atoms. The van der Waals surface area contributed by atoms with Crippen LogP contribution in [0.15, 0.2) is 203 Å². The average Bonchev–Trinajstić information content (AvgIpc) is 4.09. The summed E-state index contributed by atoms with van der Waals surface area (Å²) in [6.07, 6.45) is 0. The minimum Gasteiger partial charge on any atom is -0.456 e. The van der Waals surface area contributed by atoms with Crippen molar-refractivity contribution >= 4 is 65.7 Å². The standard InChI is InChI=1S/C60H38N4O2/c1-60(2)49-31-38(22-27-41(49)46-33-48-44-16-8-11-19-54(44)66-56(48)34-50(46)60)37-24-29-52-47(30-37)42-14-6-9-17-51(42)64(52)40-25-20-36(21-26-40)58-61-57(35-12-4-3-5-13-35)62-59(63-58)39-23-28-45-43-15-7-10-18-53(43)65-55(45)32-39/h3-34H,1-2H3. The largest absolute Gasteiger partial charge is 0.456 e. The molecule has 13 aromatic rings. The maximum atomic E-state index is 6.34. The van der Waals surface area contributed by atoms with Crippen LogP contribution in [0.4, 0.5) is 0 Å². The first-order valence-corrected chi connectivity index (χ1v) is 22.4. The van der Waals surface area contributed by atoms with Crippen LogP contribution in [0.2, 0.25) is 0 Å². The number of hydrogen-bond acceptors (Lipinski definition) is 5. The molecular formula is C60H38N4O2. The normalized spacial score (nSPS) is 13.1. The van der Waals surface area contributed by atoms with E-state index in [-0.39, 0.29) is 5.41 Å². The summed E-state index contributed by atoms with van der Waals surface area (Å²) in [7, 11) is 0. The Labute approximate surface area is 379 Å². The maximum absolute atomic E-state index is 6.34. The van der Waals surface area contributed by atoms with Crippen molar-refractivity contribution in [2.75, 3.05) is 0 Å². The molecule has 0 amide bonds. The van der Waals surface area contributed by atoms with Gasteiger partial charge in [0.15, 0.2) is 17.5 Å². The first-order valence-electron chi connectivity index (χ1n) is 22.4. The second-order valence-corrected chi connectivity index (χ2v) is 18.0. The number of aromatic nitrogens is 4. The summed E-state index contributed by atoms with van der Waals surface area (Å²) in [6.45, 7) is 4.67. The zero-order valence-electron chi connectivity index (χ0n) is 36.1. The number of para-hydroxylation sites is 3. The molecule has 0 atom stereocenters. The second-order valence-electron chi connectivity index (χ2n) is 18.0. The third-order valence-electron chi connectivity index (χ3n) is 13.9. The van der Waals surface area contributed by atoms with Gasteiger partial charge in [0.25, 0.3) is 0 Å². The van der Waals surface area contributed by atoms with Crippen molar-refractivity contribution in [3.05, 3.63) is 205 Å². The fourth-order valence-electron chi connectivity index (χ4n) is 10.5. The average molecular weight is 847 g/mol. The molecule has 0 saturated heterocycles. The molecular weight excluding hydrogens is 809 g/mol. The SMILES string of the molecule is CC1(C)c2cc(-c3ccc4c(c3)c3ccccc3n4-c3ccc(-c4nc(-c5ccccc5)nc(-c5ccc6c(c5)oc5ccccc56)n4)cc3)ccc2-c2cc3c(cc21)oc1ccccc13. The minimum atomic E-state index is -0.185. The number of hydrogen-bond donors (Lipinski definition) is 0. The van der Waals surface area contributed by atoms with Crippen molar-refractivity contribution in [2.45, 2.75) is 19.3 Å². The van der Waals surface area contributed by atoms with Crippen LogP contribution in [0.3, 0.4) is 0 Å². The summed E-state index contributed by atoms with van der Waals surface area (Å²) in [5.41, 5.74) is 17.0. The Morgan fingerprint density at radius 1 is 0.348 bits per heavy atom. The van der Waals surface area contributed by atoms with E-state index in [1.165, 1.54) is 49.5 Å². The quantitative estimate of drug-likeness (QED) is 0.173. The molecule has 1 aliphatic carbocycles. The van der Waals surface area contributed by atoms with Gasteiger partial charge in [-0.15, -0.1) is 0 Å². The van der Waals surface area contributed by atoms with Crippen molar-refractivity contribution in [3.8, 4) is 62.1 Å². The molecule has 0 N–H and O–H groups in total. The highest BCUT2D eigenvalue weighted by Gasteiger charge is 2.36. The lowest BCUT2D eigenvalue weighted by molar-refractivity contribution is 0.647. The molecule has 4 aromatic heterocycles. The molecule has 0 aliphatic heterocycles. The van der Waals surface area contributed by atoms with E-state index in [1.807, 2.05) is 60.7 Å². The summed E-state index contributed by atoms with van der Waals surface area (Å²) in [4.78, 5) is 15.1. The summed E-state index contributed by atoms with van der Waals surface area (Å²) >= 11 is 0. The van der Waals surface area contributed by atoms with Gasteiger partial charge in [0.2, 0.25) is 0 Å².